The Morgan fingerprint density at radius 2 is 1.70 bits per heavy atom. The van der Waals surface area contributed by atoms with Gasteiger partial charge in [0.1, 0.15) is 5.75 Å². The lowest BCUT2D eigenvalue weighted by Gasteiger charge is -2.09. The maximum absolute atomic E-state index is 12.5. The normalized spacial score (nSPS) is 10.3. The van der Waals surface area contributed by atoms with E-state index < -0.39 is 0 Å². The highest BCUT2D eigenvalue weighted by molar-refractivity contribution is 6.00. The van der Waals surface area contributed by atoms with E-state index in [1.807, 2.05) is 31.2 Å². The van der Waals surface area contributed by atoms with Crippen LogP contribution < -0.4 is 4.74 Å². The summed E-state index contributed by atoms with van der Waals surface area (Å²) in [6, 6.07) is 13.7. The monoisotopic (exact) mass is 268 g/mol. The molecule has 0 saturated carbocycles. The van der Waals surface area contributed by atoms with Crippen molar-refractivity contribution in [3.05, 3.63) is 64.7 Å². The van der Waals surface area contributed by atoms with Gasteiger partial charge in [-0.25, -0.2) is 0 Å². The number of ether oxygens (including phenoxy) is 1. The van der Waals surface area contributed by atoms with Gasteiger partial charge < -0.3 is 4.74 Å². The summed E-state index contributed by atoms with van der Waals surface area (Å²) in [5, 5.41) is 0. The number of hydrogen-bond acceptors (Lipinski definition) is 2. The molecule has 0 aromatic heterocycles. The van der Waals surface area contributed by atoms with Crippen molar-refractivity contribution in [2.24, 2.45) is 0 Å². The van der Waals surface area contributed by atoms with E-state index in [0.29, 0.717) is 24.3 Å². The lowest BCUT2D eigenvalue weighted by atomic mass is 9.99. The first-order chi connectivity index (χ1) is 9.60. The predicted molar refractivity (Wildman–Crippen MR) is 81.6 cm³/mol. The van der Waals surface area contributed by atoms with Crippen molar-refractivity contribution in [1.29, 1.82) is 0 Å². The minimum atomic E-state index is 0.0963. The molecule has 0 fully saturated rings. The zero-order chi connectivity index (χ0) is 14.5. The molecule has 20 heavy (non-hydrogen) atoms. The van der Waals surface area contributed by atoms with Gasteiger partial charge in [0, 0.05) is 6.42 Å². The van der Waals surface area contributed by atoms with Gasteiger partial charge in [-0.2, -0.15) is 0 Å². The lowest BCUT2D eigenvalue weighted by Crippen LogP contribution is -2.07. The van der Waals surface area contributed by atoms with Gasteiger partial charge in [-0.05, 0) is 38.5 Å². The topological polar surface area (TPSA) is 26.3 Å². The second-order valence-corrected chi connectivity index (χ2v) is 5.03. The van der Waals surface area contributed by atoms with Crippen LogP contribution in [0.25, 0.3) is 0 Å². The first-order valence-corrected chi connectivity index (χ1v) is 6.92. The quantitative estimate of drug-likeness (QED) is 0.762. The average molecular weight is 268 g/mol. The van der Waals surface area contributed by atoms with Crippen LogP contribution in [0.5, 0.6) is 5.75 Å². The van der Waals surface area contributed by atoms with Gasteiger partial charge in [0.25, 0.3) is 0 Å². The summed E-state index contributed by atoms with van der Waals surface area (Å²) >= 11 is 0. The highest BCUT2D eigenvalue weighted by atomic mass is 16.5. The van der Waals surface area contributed by atoms with E-state index in [9.17, 15) is 4.79 Å². The molecule has 0 aliphatic rings. The summed E-state index contributed by atoms with van der Waals surface area (Å²) in [6.45, 7) is 6.59. The van der Waals surface area contributed by atoms with Crippen LogP contribution in [-0.2, 0) is 6.42 Å². The number of carbonyl (C=O) groups excluding carboxylic acids is 1. The molecule has 0 saturated heterocycles. The van der Waals surface area contributed by atoms with E-state index in [2.05, 4.69) is 32.0 Å². The number of carbonyl (C=O) groups is 1. The highest BCUT2D eigenvalue weighted by Gasteiger charge is 2.12. The van der Waals surface area contributed by atoms with Crippen molar-refractivity contribution in [1.82, 2.24) is 0 Å². The molecule has 2 aromatic rings. The Morgan fingerprint density at radius 3 is 2.35 bits per heavy atom. The maximum Gasteiger partial charge on any atom is 0.170 e. The van der Waals surface area contributed by atoms with Crippen molar-refractivity contribution in [3.8, 4) is 5.75 Å². The van der Waals surface area contributed by atoms with E-state index in [-0.39, 0.29) is 5.78 Å². The molecular formula is C18H20O2. The van der Waals surface area contributed by atoms with Gasteiger partial charge in [0.15, 0.2) is 5.78 Å². The molecule has 104 valence electrons. The van der Waals surface area contributed by atoms with Crippen LogP contribution >= 0.6 is 0 Å². The molecule has 0 aliphatic heterocycles. The molecule has 2 aromatic carbocycles. The molecular weight excluding hydrogens is 248 g/mol. The summed E-state index contributed by atoms with van der Waals surface area (Å²) in [4.78, 5) is 12.5. The summed E-state index contributed by atoms with van der Waals surface area (Å²) in [7, 11) is 0. The third kappa shape index (κ3) is 3.47. The van der Waals surface area contributed by atoms with Crippen LogP contribution in [0, 0.1) is 13.8 Å². The number of ketones is 1. The molecule has 0 atom stereocenters. The summed E-state index contributed by atoms with van der Waals surface area (Å²) in [6.07, 6.45) is 0.409. The Morgan fingerprint density at radius 1 is 1.05 bits per heavy atom. The number of Topliss-reactive ketones (excluding diaryl/α,β-unsaturated/α-hetero) is 1. The van der Waals surface area contributed by atoms with Crippen molar-refractivity contribution in [3.63, 3.8) is 0 Å². The van der Waals surface area contributed by atoms with Crippen molar-refractivity contribution < 1.29 is 9.53 Å². The van der Waals surface area contributed by atoms with E-state index in [4.69, 9.17) is 4.74 Å². The van der Waals surface area contributed by atoms with E-state index in [1.54, 1.807) is 0 Å². The fourth-order valence-electron chi connectivity index (χ4n) is 2.43. The van der Waals surface area contributed by atoms with Crippen LogP contribution in [0.4, 0.5) is 0 Å². The zero-order valence-electron chi connectivity index (χ0n) is 12.3. The van der Waals surface area contributed by atoms with Crippen molar-refractivity contribution in [2.45, 2.75) is 27.2 Å². The SMILES string of the molecule is CCOc1ccccc1C(=O)Cc1cc(C)cc(C)c1. The smallest absolute Gasteiger partial charge is 0.170 e. The van der Waals surface area contributed by atoms with Crippen LogP contribution in [0.1, 0.15) is 34.0 Å². The molecule has 0 radical (unpaired) electrons. The van der Waals surface area contributed by atoms with Crippen LogP contribution in [0.15, 0.2) is 42.5 Å². The standard InChI is InChI=1S/C18H20O2/c1-4-20-18-8-6-5-7-16(18)17(19)12-15-10-13(2)9-14(3)11-15/h5-11H,4,12H2,1-3H3. The summed E-state index contributed by atoms with van der Waals surface area (Å²) < 4.78 is 5.52. The number of hydrogen-bond donors (Lipinski definition) is 0. The fourth-order valence-corrected chi connectivity index (χ4v) is 2.43. The Labute approximate surface area is 120 Å². The van der Waals surface area contributed by atoms with Gasteiger partial charge in [0.2, 0.25) is 0 Å². The Bertz CT molecular complexity index is 594. The lowest BCUT2D eigenvalue weighted by molar-refractivity contribution is 0.0989. The number of rotatable bonds is 5. The first-order valence-electron chi connectivity index (χ1n) is 6.92. The van der Waals surface area contributed by atoms with Gasteiger partial charge in [-0.15, -0.1) is 0 Å². The first kappa shape index (κ1) is 14.3. The predicted octanol–water partition coefficient (Wildman–Crippen LogP) is 4.13. The Balaban J connectivity index is 2.23. The molecule has 0 amide bonds. The molecule has 0 spiro atoms. The highest BCUT2D eigenvalue weighted by Crippen LogP contribution is 2.20. The average Bonchev–Trinajstić information content (AvgIpc) is 2.38. The maximum atomic E-state index is 12.5. The van der Waals surface area contributed by atoms with E-state index in [0.717, 1.165) is 5.56 Å². The van der Waals surface area contributed by atoms with Gasteiger partial charge in [-0.3, -0.25) is 4.79 Å². The molecule has 0 bridgehead atoms. The van der Waals surface area contributed by atoms with E-state index in [1.165, 1.54) is 11.1 Å². The molecule has 2 nitrogen and oxygen atoms in total. The third-order valence-electron chi connectivity index (χ3n) is 3.13. The van der Waals surface area contributed by atoms with Crippen molar-refractivity contribution in [2.75, 3.05) is 6.61 Å². The molecule has 0 aliphatic carbocycles. The fraction of sp³-hybridized carbons (Fsp3) is 0.278. The van der Waals surface area contributed by atoms with Crippen LogP contribution in [-0.4, -0.2) is 12.4 Å². The van der Waals surface area contributed by atoms with Crippen LogP contribution in [0.2, 0.25) is 0 Å². The third-order valence-corrected chi connectivity index (χ3v) is 3.13. The second-order valence-electron chi connectivity index (χ2n) is 5.03. The molecule has 2 rings (SSSR count). The Kier molecular flexibility index (Phi) is 4.57. The number of aryl methyl sites for hydroxylation is 2. The summed E-state index contributed by atoms with van der Waals surface area (Å²) in [5.74, 6) is 0.767. The largest absolute Gasteiger partial charge is 0.493 e. The minimum absolute atomic E-state index is 0.0963. The molecule has 2 heteroatoms. The summed E-state index contributed by atoms with van der Waals surface area (Å²) in [5.41, 5.74) is 4.09. The molecule has 0 unspecified atom stereocenters. The number of para-hydroxylation sites is 1. The number of benzene rings is 2. The zero-order valence-corrected chi connectivity index (χ0v) is 12.3. The van der Waals surface area contributed by atoms with E-state index >= 15 is 0 Å². The van der Waals surface area contributed by atoms with Crippen LogP contribution in [0.3, 0.4) is 0 Å². The van der Waals surface area contributed by atoms with Gasteiger partial charge >= 0.3 is 0 Å². The minimum Gasteiger partial charge on any atom is -0.493 e. The second kappa shape index (κ2) is 6.38. The van der Waals surface area contributed by atoms with Gasteiger partial charge in [-0.1, -0.05) is 41.5 Å². The van der Waals surface area contributed by atoms with Gasteiger partial charge in [0.05, 0.1) is 12.2 Å². The van der Waals surface area contributed by atoms with Crippen molar-refractivity contribution >= 4 is 5.78 Å². The Hall–Kier alpha value is -2.09. The molecule has 0 heterocycles. The molecule has 0 N–H and O–H groups in total.